The Bertz CT molecular complexity index is 1030. The van der Waals surface area contributed by atoms with Crippen LogP contribution in [-0.2, 0) is 22.3 Å². The lowest BCUT2D eigenvalue weighted by Crippen LogP contribution is -2.60. The van der Waals surface area contributed by atoms with E-state index < -0.39 is 42.0 Å². The predicted molar refractivity (Wildman–Crippen MR) is 125 cm³/mol. The number of hydrogen-bond donors (Lipinski definition) is 1. The van der Waals surface area contributed by atoms with Crippen LogP contribution in [0.1, 0.15) is 43.7 Å². The van der Waals surface area contributed by atoms with Crippen LogP contribution in [0.15, 0.2) is 18.2 Å². The summed E-state index contributed by atoms with van der Waals surface area (Å²) in [4.78, 5) is 28.7. The molecule has 1 aromatic rings. The van der Waals surface area contributed by atoms with E-state index in [-0.39, 0.29) is 25.0 Å². The summed E-state index contributed by atoms with van der Waals surface area (Å²) < 4.78 is 82.9. The van der Waals surface area contributed by atoms with Crippen LogP contribution in [0.4, 0.5) is 36.8 Å². The number of aliphatic carboxylic acids is 1. The van der Waals surface area contributed by atoms with E-state index >= 15 is 0 Å². The van der Waals surface area contributed by atoms with Crippen molar-refractivity contribution in [1.82, 2.24) is 9.80 Å². The first-order valence-electron chi connectivity index (χ1n) is 12.6. The molecular weight excluding hydrogens is 520 g/mol. The van der Waals surface area contributed by atoms with Gasteiger partial charge in [0.2, 0.25) is 0 Å². The van der Waals surface area contributed by atoms with Gasteiger partial charge >= 0.3 is 24.4 Å². The highest BCUT2D eigenvalue weighted by Crippen LogP contribution is 2.43. The van der Waals surface area contributed by atoms with Crippen molar-refractivity contribution in [3.05, 3.63) is 29.3 Å². The molecule has 1 unspecified atom stereocenters. The minimum absolute atomic E-state index is 0.113. The number of rotatable bonds is 5. The fraction of sp³-hybridized carbons (Fsp3) is 0.680. The van der Waals surface area contributed by atoms with Crippen molar-refractivity contribution in [1.29, 1.82) is 0 Å². The van der Waals surface area contributed by atoms with Crippen LogP contribution in [0.25, 0.3) is 0 Å². The Labute approximate surface area is 216 Å². The molecule has 3 fully saturated rings. The molecule has 2 atom stereocenters. The third kappa shape index (κ3) is 6.29. The minimum Gasteiger partial charge on any atom is -0.481 e. The highest BCUT2D eigenvalue weighted by Gasteiger charge is 2.47. The Hall–Kier alpha value is -2.70. The lowest BCUT2D eigenvalue weighted by Gasteiger charge is -2.54. The van der Waals surface area contributed by atoms with Crippen molar-refractivity contribution in [2.24, 2.45) is 11.3 Å². The molecular formula is C25H31F6N3O4. The van der Waals surface area contributed by atoms with Gasteiger partial charge in [-0.2, -0.15) is 26.3 Å². The third-order valence-electron chi connectivity index (χ3n) is 7.86. The van der Waals surface area contributed by atoms with E-state index in [1.165, 1.54) is 11.0 Å². The van der Waals surface area contributed by atoms with Crippen LogP contribution in [0, 0.1) is 11.3 Å². The molecule has 1 N–H and O–H groups in total. The first kappa shape index (κ1) is 28.3. The van der Waals surface area contributed by atoms with Gasteiger partial charge in [0.25, 0.3) is 0 Å². The zero-order valence-corrected chi connectivity index (χ0v) is 20.9. The first-order valence-corrected chi connectivity index (χ1v) is 12.6. The first-order chi connectivity index (χ1) is 17.7. The Morgan fingerprint density at radius 1 is 1.11 bits per heavy atom. The number of carbonyl (C=O) groups excluding carboxylic acids is 1. The van der Waals surface area contributed by atoms with Crippen molar-refractivity contribution in [2.75, 3.05) is 44.2 Å². The number of alkyl halides is 6. The number of benzene rings is 1. The summed E-state index contributed by atoms with van der Waals surface area (Å²) in [5.41, 5.74) is 0.176. The van der Waals surface area contributed by atoms with Crippen molar-refractivity contribution in [2.45, 2.75) is 57.6 Å². The SMILES string of the molecule is CC(OC(=O)N1CCC2(CC1)CN(Cc1ccc(C(F)(F)F)cc1N1CCC[C@@H](C(=O)O)C1)C2)C(F)(F)F. The normalized spacial score (nSPS) is 23.2. The highest BCUT2D eigenvalue weighted by atomic mass is 19.4. The van der Waals surface area contributed by atoms with E-state index in [2.05, 4.69) is 9.64 Å². The number of piperidine rings is 2. The van der Waals surface area contributed by atoms with Gasteiger partial charge in [0.15, 0.2) is 6.10 Å². The van der Waals surface area contributed by atoms with Crippen LogP contribution in [0.3, 0.4) is 0 Å². The molecule has 3 saturated heterocycles. The third-order valence-corrected chi connectivity index (χ3v) is 7.86. The molecule has 0 radical (unpaired) electrons. The van der Waals surface area contributed by atoms with Gasteiger partial charge in [-0.15, -0.1) is 0 Å². The van der Waals surface area contributed by atoms with Gasteiger partial charge in [-0.3, -0.25) is 9.69 Å². The van der Waals surface area contributed by atoms with E-state index in [0.29, 0.717) is 63.1 Å². The highest BCUT2D eigenvalue weighted by molar-refractivity contribution is 5.71. The Morgan fingerprint density at radius 2 is 1.76 bits per heavy atom. The van der Waals surface area contributed by atoms with E-state index in [0.717, 1.165) is 19.1 Å². The quantitative estimate of drug-likeness (QED) is 0.520. The molecule has 212 valence electrons. The average Bonchev–Trinajstić information content (AvgIpc) is 2.82. The molecule has 1 aromatic carbocycles. The molecule has 3 heterocycles. The molecule has 38 heavy (non-hydrogen) atoms. The summed E-state index contributed by atoms with van der Waals surface area (Å²) >= 11 is 0. The molecule has 4 rings (SSSR count). The molecule has 1 amide bonds. The topological polar surface area (TPSA) is 73.3 Å². The molecule has 13 heteroatoms. The molecule has 7 nitrogen and oxygen atoms in total. The summed E-state index contributed by atoms with van der Waals surface area (Å²) in [6, 6.07) is 3.59. The lowest BCUT2D eigenvalue weighted by molar-refractivity contribution is -0.200. The number of likely N-dealkylation sites (tertiary alicyclic amines) is 2. The van der Waals surface area contributed by atoms with Crippen LogP contribution in [0.5, 0.6) is 0 Å². The Balaban J connectivity index is 1.38. The molecule has 0 saturated carbocycles. The predicted octanol–water partition coefficient (Wildman–Crippen LogP) is 4.99. The second-order valence-corrected chi connectivity index (χ2v) is 10.7. The molecule has 1 spiro atoms. The molecule has 0 aliphatic carbocycles. The largest absolute Gasteiger partial charge is 0.481 e. The number of hydrogen-bond acceptors (Lipinski definition) is 5. The smallest absolute Gasteiger partial charge is 0.425 e. The fourth-order valence-electron chi connectivity index (χ4n) is 5.59. The number of carboxylic acid groups (broad SMARTS) is 1. The van der Waals surface area contributed by atoms with Crippen LogP contribution < -0.4 is 4.90 Å². The second-order valence-electron chi connectivity index (χ2n) is 10.7. The zero-order chi connectivity index (χ0) is 27.9. The lowest BCUT2D eigenvalue weighted by atomic mass is 9.72. The van der Waals surface area contributed by atoms with Crippen molar-refractivity contribution >= 4 is 17.7 Å². The summed E-state index contributed by atoms with van der Waals surface area (Å²) in [5, 5.41) is 9.42. The Kier molecular flexibility index (Phi) is 7.79. The molecule has 0 aromatic heterocycles. The van der Waals surface area contributed by atoms with Gasteiger partial charge in [-0.25, -0.2) is 4.79 Å². The summed E-state index contributed by atoms with van der Waals surface area (Å²) in [6.07, 6.45) is -10.1. The number of carboxylic acids is 1. The second kappa shape index (κ2) is 10.5. The van der Waals surface area contributed by atoms with Crippen LogP contribution in [-0.4, -0.2) is 78.5 Å². The van der Waals surface area contributed by atoms with Gasteiger partial charge in [-0.05, 0) is 55.7 Å². The van der Waals surface area contributed by atoms with Crippen LogP contribution >= 0.6 is 0 Å². The summed E-state index contributed by atoms with van der Waals surface area (Å²) in [6.45, 7) is 3.63. The number of carbonyl (C=O) groups is 2. The van der Waals surface area contributed by atoms with Crippen molar-refractivity contribution < 1.29 is 45.8 Å². The van der Waals surface area contributed by atoms with Gasteiger partial charge < -0.3 is 19.6 Å². The maximum atomic E-state index is 13.5. The van der Waals surface area contributed by atoms with Gasteiger partial charge in [0.05, 0.1) is 11.5 Å². The molecule has 0 bridgehead atoms. The standard InChI is InChI=1S/C25H31F6N3O4/c1-16(24(26,27)28)38-22(37)33-9-6-23(7-10-33)14-32(15-23)12-17-4-5-19(25(29,30)31)11-20(17)34-8-2-3-18(13-34)21(35)36/h4-5,11,16,18H,2-3,6-10,12-15H2,1H3,(H,35,36)/t16?,18-/m1/s1. The number of halogens is 6. The Morgan fingerprint density at radius 3 is 2.34 bits per heavy atom. The number of nitrogens with zero attached hydrogens (tertiary/aromatic N) is 3. The van der Waals surface area contributed by atoms with E-state index in [9.17, 15) is 41.0 Å². The average molecular weight is 552 g/mol. The minimum atomic E-state index is -4.62. The van der Waals surface area contributed by atoms with Gasteiger partial charge in [0.1, 0.15) is 0 Å². The molecule has 3 aliphatic rings. The van der Waals surface area contributed by atoms with Crippen molar-refractivity contribution in [3.63, 3.8) is 0 Å². The number of amides is 1. The maximum Gasteiger partial charge on any atom is 0.425 e. The fourth-order valence-corrected chi connectivity index (χ4v) is 5.59. The summed E-state index contributed by atoms with van der Waals surface area (Å²) in [7, 11) is 0. The maximum absolute atomic E-state index is 13.5. The zero-order valence-electron chi connectivity index (χ0n) is 20.9. The van der Waals surface area contributed by atoms with Crippen molar-refractivity contribution in [3.8, 4) is 0 Å². The van der Waals surface area contributed by atoms with Crippen LogP contribution in [0.2, 0.25) is 0 Å². The monoisotopic (exact) mass is 551 g/mol. The van der Waals surface area contributed by atoms with E-state index in [1.54, 1.807) is 4.90 Å². The summed E-state index contributed by atoms with van der Waals surface area (Å²) in [5.74, 6) is -1.61. The number of ether oxygens (including phenoxy) is 1. The molecule has 3 aliphatic heterocycles. The number of anilines is 1. The van der Waals surface area contributed by atoms with Gasteiger partial charge in [0, 0.05) is 51.5 Å². The van der Waals surface area contributed by atoms with E-state index in [4.69, 9.17) is 0 Å². The van der Waals surface area contributed by atoms with Gasteiger partial charge in [-0.1, -0.05) is 6.07 Å². The van der Waals surface area contributed by atoms with E-state index in [1.807, 2.05) is 0 Å².